The van der Waals surface area contributed by atoms with Gasteiger partial charge in [-0.25, -0.2) is 0 Å². The molecule has 6 heteroatoms. The van der Waals surface area contributed by atoms with Crippen molar-refractivity contribution < 1.29 is 14.3 Å². The Balaban J connectivity index is 1.68. The highest BCUT2D eigenvalue weighted by molar-refractivity contribution is 6.19. The summed E-state index contributed by atoms with van der Waals surface area (Å²) < 4.78 is 7.03. The minimum Gasteiger partial charge on any atom is -0.497 e. The van der Waals surface area contributed by atoms with E-state index in [4.69, 9.17) is 4.74 Å². The molecule has 2 aliphatic rings. The van der Waals surface area contributed by atoms with E-state index in [-0.39, 0.29) is 11.7 Å². The topological polar surface area (TPSA) is 71.8 Å². The van der Waals surface area contributed by atoms with Crippen LogP contribution in [0.1, 0.15) is 58.5 Å². The molecule has 3 heterocycles. The summed E-state index contributed by atoms with van der Waals surface area (Å²) in [5.41, 5.74) is 2.50. The van der Waals surface area contributed by atoms with Gasteiger partial charge in [0.25, 0.3) is 5.91 Å². The third kappa shape index (κ3) is 2.78. The summed E-state index contributed by atoms with van der Waals surface area (Å²) in [6, 6.07) is 12.7. The second-order valence-corrected chi connectivity index (χ2v) is 7.83. The van der Waals surface area contributed by atoms with Gasteiger partial charge in [-0.15, -0.1) is 0 Å². The lowest BCUT2D eigenvalue weighted by molar-refractivity contribution is 0.0878. The van der Waals surface area contributed by atoms with Crippen LogP contribution in [0.2, 0.25) is 0 Å². The summed E-state index contributed by atoms with van der Waals surface area (Å²) in [6.07, 6.45) is 6.84. The summed E-state index contributed by atoms with van der Waals surface area (Å²) in [5.74, 6) is 0.462. The Kier molecular flexibility index (Phi) is 4.08. The number of carbonyl (C=O) groups excluding carboxylic acids is 2. The predicted molar refractivity (Wildman–Crippen MR) is 111 cm³/mol. The fraction of sp³-hybridized carbons (Fsp3) is 0.304. The molecule has 1 spiro atoms. The molecule has 1 amide bonds. The lowest BCUT2D eigenvalue weighted by Gasteiger charge is -2.42. The first-order chi connectivity index (χ1) is 14.1. The average molecular weight is 389 g/mol. The van der Waals surface area contributed by atoms with Crippen molar-refractivity contribution in [2.75, 3.05) is 12.4 Å². The van der Waals surface area contributed by atoms with E-state index in [0.29, 0.717) is 28.3 Å². The number of hydrogen-bond acceptors (Lipinski definition) is 4. The lowest BCUT2D eigenvalue weighted by Crippen LogP contribution is -2.58. The van der Waals surface area contributed by atoms with Gasteiger partial charge < -0.3 is 19.8 Å². The highest BCUT2D eigenvalue weighted by Gasteiger charge is 2.42. The monoisotopic (exact) mass is 389 g/mol. The Morgan fingerprint density at radius 2 is 1.79 bits per heavy atom. The van der Waals surface area contributed by atoms with Crippen LogP contribution in [0.4, 0.5) is 5.69 Å². The van der Waals surface area contributed by atoms with Gasteiger partial charge in [0.1, 0.15) is 17.1 Å². The second-order valence-electron chi connectivity index (χ2n) is 7.83. The van der Waals surface area contributed by atoms with Crippen molar-refractivity contribution in [2.24, 2.45) is 0 Å². The highest BCUT2D eigenvalue weighted by atomic mass is 16.5. The highest BCUT2D eigenvalue weighted by Crippen LogP contribution is 2.40. The number of aromatic nitrogens is 1. The van der Waals surface area contributed by atoms with Crippen LogP contribution in [0.25, 0.3) is 5.52 Å². The maximum Gasteiger partial charge on any atom is 0.257 e. The molecule has 148 valence electrons. The number of benzene rings is 1. The van der Waals surface area contributed by atoms with E-state index in [9.17, 15) is 9.59 Å². The number of carbonyl (C=O) groups is 2. The van der Waals surface area contributed by atoms with Crippen LogP contribution >= 0.6 is 0 Å². The maximum absolute atomic E-state index is 13.5. The van der Waals surface area contributed by atoms with Crippen molar-refractivity contribution in [1.29, 1.82) is 0 Å². The molecule has 1 fully saturated rings. The quantitative estimate of drug-likeness (QED) is 0.665. The zero-order valence-corrected chi connectivity index (χ0v) is 16.3. The first kappa shape index (κ1) is 17.8. The normalized spacial score (nSPS) is 17.5. The minimum absolute atomic E-state index is 0.113. The third-order valence-electron chi connectivity index (χ3n) is 6.06. The number of pyridine rings is 1. The van der Waals surface area contributed by atoms with Crippen molar-refractivity contribution in [3.8, 4) is 5.75 Å². The summed E-state index contributed by atoms with van der Waals surface area (Å²) in [5, 5.41) is 6.77. The van der Waals surface area contributed by atoms with E-state index in [1.807, 2.05) is 28.8 Å². The SMILES string of the molecule is COc1ccc(C(=O)c2c3c(c4ccccn24)C(=O)NC2(CCCCC2)N3)cc1. The van der Waals surface area contributed by atoms with E-state index in [0.717, 1.165) is 31.2 Å². The number of fused-ring (bicyclic) bond motifs is 3. The molecule has 6 nitrogen and oxygen atoms in total. The molecule has 1 saturated carbocycles. The van der Waals surface area contributed by atoms with E-state index in [1.54, 1.807) is 31.4 Å². The molecule has 0 unspecified atom stereocenters. The van der Waals surface area contributed by atoms with Gasteiger partial charge in [-0.05, 0) is 62.1 Å². The maximum atomic E-state index is 13.5. The van der Waals surface area contributed by atoms with E-state index >= 15 is 0 Å². The molecule has 0 bridgehead atoms. The summed E-state index contributed by atoms with van der Waals surface area (Å²) in [6.45, 7) is 0. The number of nitrogens with zero attached hydrogens (tertiary/aromatic N) is 1. The molecule has 2 N–H and O–H groups in total. The van der Waals surface area contributed by atoms with E-state index in [1.165, 1.54) is 6.42 Å². The van der Waals surface area contributed by atoms with Crippen LogP contribution in [0.3, 0.4) is 0 Å². The molecule has 29 heavy (non-hydrogen) atoms. The molecule has 2 aromatic heterocycles. The first-order valence-corrected chi connectivity index (χ1v) is 10.0. The molecular formula is C23H23N3O3. The minimum atomic E-state index is -0.470. The van der Waals surface area contributed by atoms with Gasteiger partial charge in [-0.3, -0.25) is 9.59 Å². The predicted octanol–water partition coefficient (Wildman–Crippen LogP) is 3.99. The van der Waals surface area contributed by atoms with E-state index < -0.39 is 5.66 Å². The molecule has 0 saturated heterocycles. The van der Waals surface area contributed by atoms with Crippen molar-refractivity contribution in [1.82, 2.24) is 9.72 Å². The van der Waals surface area contributed by atoms with Crippen LogP contribution < -0.4 is 15.4 Å². The lowest BCUT2D eigenvalue weighted by atomic mass is 9.86. The van der Waals surface area contributed by atoms with Crippen molar-refractivity contribution in [3.05, 3.63) is 65.5 Å². The van der Waals surface area contributed by atoms with Gasteiger partial charge in [-0.1, -0.05) is 12.5 Å². The van der Waals surface area contributed by atoms with Crippen molar-refractivity contribution >= 4 is 22.9 Å². The smallest absolute Gasteiger partial charge is 0.257 e. The molecule has 5 rings (SSSR count). The van der Waals surface area contributed by atoms with Gasteiger partial charge >= 0.3 is 0 Å². The number of ether oxygens (including phenoxy) is 1. The molecule has 0 atom stereocenters. The van der Waals surface area contributed by atoms with Crippen molar-refractivity contribution in [2.45, 2.75) is 37.8 Å². The standard InChI is InChI=1S/C23H23N3O3/c1-29-16-10-8-15(9-11-16)21(27)20-19-18(17-7-3-6-14-26(17)20)22(28)25-23(24-19)12-4-2-5-13-23/h3,6-11,14,24H,2,4-5,12-13H2,1H3,(H,25,28). The van der Waals surface area contributed by atoms with Crippen LogP contribution in [-0.2, 0) is 0 Å². The van der Waals surface area contributed by atoms with Crippen LogP contribution in [0.15, 0.2) is 48.7 Å². The number of methoxy groups -OCH3 is 1. The molecule has 1 aliphatic heterocycles. The van der Waals surface area contributed by atoms with Crippen LogP contribution in [0, 0.1) is 0 Å². The number of anilines is 1. The molecule has 3 aromatic rings. The van der Waals surface area contributed by atoms with E-state index in [2.05, 4.69) is 10.6 Å². The number of nitrogens with one attached hydrogen (secondary N) is 2. The Morgan fingerprint density at radius 1 is 1.03 bits per heavy atom. The zero-order valence-electron chi connectivity index (χ0n) is 16.3. The van der Waals surface area contributed by atoms with Crippen LogP contribution in [0.5, 0.6) is 5.75 Å². The summed E-state index contributed by atoms with van der Waals surface area (Å²) >= 11 is 0. The zero-order chi connectivity index (χ0) is 20.0. The van der Waals surface area contributed by atoms with Gasteiger partial charge in [0.05, 0.1) is 23.9 Å². The number of ketones is 1. The Labute approximate surface area is 168 Å². The average Bonchev–Trinajstić information content (AvgIpc) is 3.08. The van der Waals surface area contributed by atoms with Gasteiger partial charge in [0, 0.05) is 11.8 Å². The molecular weight excluding hydrogens is 366 g/mol. The first-order valence-electron chi connectivity index (χ1n) is 10.0. The molecule has 1 aromatic carbocycles. The number of rotatable bonds is 3. The Bertz CT molecular complexity index is 1110. The fourth-order valence-electron chi connectivity index (χ4n) is 4.62. The molecule has 0 radical (unpaired) electrons. The van der Waals surface area contributed by atoms with Gasteiger partial charge in [0.2, 0.25) is 5.78 Å². The van der Waals surface area contributed by atoms with Gasteiger partial charge in [0.15, 0.2) is 0 Å². The number of hydrogen-bond donors (Lipinski definition) is 2. The number of amides is 1. The van der Waals surface area contributed by atoms with Crippen molar-refractivity contribution in [3.63, 3.8) is 0 Å². The summed E-state index contributed by atoms with van der Waals surface area (Å²) in [4.78, 5) is 26.7. The summed E-state index contributed by atoms with van der Waals surface area (Å²) in [7, 11) is 1.60. The third-order valence-corrected chi connectivity index (χ3v) is 6.06. The van der Waals surface area contributed by atoms with Crippen LogP contribution in [-0.4, -0.2) is 28.9 Å². The molecule has 1 aliphatic carbocycles. The second kappa shape index (κ2) is 6.65. The fourth-order valence-corrected chi connectivity index (χ4v) is 4.62. The Morgan fingerprint density at radius 3 is 2.52 bits per heavy atom. The van der Waals surface area contributed by atoms with Gasteiger partial charge in [-0.2, -0.15) is 0 Å². The largest absolute Gasteiger partial charge is 0.497 e. The Hall–Kier alpha value is -3.28.